The van der Waals surface area contributed by atoms with Crippen LogP contribution in [0.5, 0.6) is 0 Å². The molecule has 0 aliphatic heterocycles. The Morgan fingerprint density at radius 2 is 1.80 bits per heavy atom. The Hall–Kier alpha value is -0.840. The van der Waals surface area contributed by atoms with E-state index in [1.165, 1.54) is 0 Å². The maximum Gasteiger partial charge on any atom is 0.197 e. The number of para-hydroxylation sites is 2. The summed E-state index contributed by atoms with van der Waals surface area (Å²) in [5, 5.41) is -0.183. The molecule has 2 aromatic carbocycles. The second kappa shape index (κ2) is 5.88. The minimum atomic E-state index is -0.183. The van der Waals surface area contributed by atoms with E-state index in [2.05, 4.69) is 36.8 Å². The Labute approximate surface area is 138 Å². The summed E-state index contributed by atoms with van der Waals surface area (Å²) in [4.78, 5) is 4.45. The molecule has 0 saturated carbocycles. The molecule has 5 heteroatoms. The summed E-state index contributed by atoms with van der Waals surface area (Å²) in [5.74, 6) is 0.655. The molecule has 0 amide bonds. The first-order valence-electron chi connectivity index (χ1n) is 6.06. The minimum absolute atomic E-state index is 0.183. The predicted molar refractivity (Wildman–Crippen MR) is 88.1 cm³/mol. The normalized spacial score (nSPS) is 12.8. The van der Waals surface area contributed by atoms with Crippen molar-refractivity contribution in [2.45, 2.75) is 11.8 Å². The highest BCUT2D eigenvalue weighted by Gasteiger charge is 2.14. The second-order valence-electron chi connectivity index (χ2n) is 4.45. The molecule has 0 N–H and O–H groups in total. The molecular formula is C15H10Br2ClNO. The van der Waals surface area contributed by atoms with E-state index < -0.39 is 0 Å². The van der Waals surface area contributed by atoms with Gasteiger partial charge in [-0.1, -0.05) is 44.0 Å². The van der Waals surface area contributed by atoms with Crippen molar-refractivity contribution in [3.63, 3.8) is 0 Å². The van der Waals surface area contributed by atoms with Gasteiger partial charge in [0.25, 0.3) is 0 Å². The van der Waals surface area contributed by atoms with Crippen LogP contribution in [0, 0.1) is 0 Å². The number of fused-ring (bicyclic) bond motifs is 1. The Balaban J connectivity index is 1.86. The second-order valence-corrected chi connectivity index (χ2v) is 6.81. The number of hydrogen-bond donors (Lipinski definition) is 0. The molecule has 3 aromatic rings. The van der Waals surface area contributed by atoms with Crippen LogP contribution in [-0.2, 0) is 6.42 Å². The summed E-state index contributed by atoms with van der Waals surface area (Å²) >= 11 is 13.4. The molecular weight excluding hydrogens is 405 g/mol. The van der Waals surface area contributed by atoms with Gasteiger partial charge in [-0.3, -0.25) is 0 Å². The summed E-state index contributed by atoms with van der Waals surface area (Å²) in [7, 11) is 0. The third-order valence-electron chi connectivity index (χ3n) is 2.94. The number of rotatable bonds is 3. The van der Waals surface area contributed by atoms with Crippen LogP contribution in [0.15, 0.2) is 55.8 Å². The lowest BCUT2D eigenvalue weighted by Gasteiger charge is -2.08. The quantitative estimate of drug-likeness (QED) is 0.500. The third-order valence-corrected chi connectivity index (χ3v) is 4.26. The molecule has 20 heavy (non-hydrogen) atoms. The van der Waals surface area contributed by atoms with Crippen molar-refractivity contribution in [1.82, 2.24) is 4.98 Å². The first kappa shape index (κ1) is 14.1. The zero-order valence-electron chi connectivity index (χ0n) is 10.3. The van der Waals surface area contributed by atoms with E-state index in [1.807, 2.05) is 42.5 Å². The van der Waals surface area contributed by atoms with E-state index in [4.69, 9.17) is 16.0 Å². The Morgan fingerprint density at radius 3 is 2.50 bits per heavy atom. The summed E-state index contributed by atoms with van der Waals surface area (Å²) in [6, 6.07) is 13.7. The first-order chi connectivity index (χ1) is 9.61. The third kappa shape index (κ3) is 3.08. The van der Waals surface area contributed by atoms with E-state index in [9.17, 15) is 0 Å². The van der Waals surface area contributed by atoms with Gasteiger partial charge in [-0.15, -0.1) is 11.6 Å². The lowest BCUT2D eigenvalue weighted by Crippen LogP contribution is -1.96. The predicted octanol–water partition coefficient (Wildman–Crippen LogP) is 5.88. The number of aromatic nitrogens is 1. The van der Waals surface area contributed by atoms with Crippen molar-refractivity contribution in [3.05, 3.63) is 62.9 Å². The molecule has 0 spiro atoms. The Morgan fingerprint density at radius 1 is 1.10 bits per heavy atom. The summed E-state index contributed by atoms with van der Waals surface area (Å²) in [6.45, 7) is 0. The highest BCUT2D eigenvalue weighted by atomic mass is 79.9. The van der Waals surface area contributed by atoms with Gasteiger partial charge >= 0.3 is 0 Å². The van der Waals surface area contributed by atoms with E-state index in [-0.39, 0.29) is 5.38 Å². The topological polar surface area (TPSA) is 26.0 Å². The molecule has 0 radical (unpaired) electrons. The van der Waals surface area contributed by atoms with Gasteiger partial charge in [-0.05, 0) is 35.9 Å². The monoisotopic (exact) mass is 413 g/mol. The molecule has 2 nitrogen and oxygen atoms in total. The van der Waals surface area contributed by atoms with Crippen LogP contribution < -0.4 is 0 Å². The van der Waals surface area contributed by atoms with Crippen LogP contribution in [0.2, 0.25) is 0 Å². The van der Waals surface area contributed by atoms with Gasteiger partial charge in [0.1, 0.15) is 5.52 Å². The van der Waals surface area contributed by atoms with Gasteiger partial charge < -0.3 is 4.42 Å². The van der Waals surface area contributed by atoms with Crippen LogP contribution in [0.3, 0.4) is 0 Å². The number of halogens is 3. The van der Waals surface area contributed by atoms with Gasteiger partial charge in [0.05, 0.1) is 5.38 Å². The molecule has 1 unspecified atom stereocenters. The lowest BCUT2D eigenvalue weighted by atomic mass is 10.1. The number of nitrogens with zero attached hydrogens (tertiary/aromatic N) is 1. The van der Waals surface area contributed by atoms with Gasteiger partial charge in [0.2, 0.25) is 0 Å². The van der Waals surface area contributed by atoms with Crippen LogP contribution >= 0.6 is 43.5 Å². The lowest BCUT2D eigenvalue weighted by molar-refractivity contribution is 0.525. The van der Waals surface area contributed by atoms with Crippen LogP contribution in [0.4, 0.5) is 0 Å². The van der Waals surface area contributed by atoms with E-state index in [0.29, 0.717) is 12.3 Å². The number of oxazole rings is 1. The molecule has 0 aliphatic rings. The van der Waals surface area contributed by atoms with Crippen molar-refractivity contribution in [2.24, 2.45) is 0 Å². The molecule has 0 bridgehead atoms. The summed E-state index contributed by atoms with van der Waals surface area (Å²) < 4.78 is 7.68. The van der Waals surface area contributed by atoms with Crippen molar-refractivity contribution in [2.75, 3.05) is 0 Å². The SMILES string of the molecule is ClC(Cc1nc2ccccc2o1)c1cc(Br)cc(Br)c1. The van der Waals surface area contributed by atoms with E-state index >= 15 is 0 Å². The maximum absolute atomic E-state index is 6.47. The highest BCUT2D eigenvalue weighted by Crippen LogP contribution is 2.30. The fourth-order valence-corrected chi connectivity index (χ4v) is 3.62. The van der Waals surface area contributed by atoms with Crippen LogP contribution in [0.25, 0.3) is 11.1 Å². The molecule has 1 heterocycles. The van der Waals surface area contributed by atoms with Gasteiger partial charge in [-0.25, -0.2) is 4.98 Å². The van der Waals surface area contributed by atoms with E-state index in [1.54, 1.807) is 0 Å². The largest absolute Gasteiger partial charge is 0.441 e. The summed E-state index contributed by atoms with van der Waals surface area (Å²) in [6.07, 6.45) is 0.555. The average molecular weight is 416 g/mol. The average Bonchev–Trinajstić information content (AvgIpc) is 2.79. The van der Waals surface area contributed by atoms with Gasteiger partial charge in [-0.2, -0.15) is 0 Å². The number of benzene rings is 2. The molecule has 3 rings (SSSR count). The van der Waals surface area contributed by atoms with Crippen molar-refractivity contribution in [1.29, 1.82) is 0 Å². The van der Waals surface area contributed by atoms with Crippen molar-refractivity contribution >= 4 is 54.6 Å². The fraction of sp³-hybridized carbons (Fsp3) is 0.133. The van der Waals surface area contributed by atoms with Gasteiger partial charge in [0.15, 0.2) is 11.5 Å². The Bertz CT molecular complexity index is 703. The van der Waals surface area contributed by atoms with Crippen LogP contribution in [0.1, 0.15) is 16.8 Å². The molecule has 0 fully saturated rings. The Kier molecular flexibility index (Phi) is 4.15. The highest BCUT2D eigenvalue weighted by molar-refractivity contribution is 9.11. The van der Waals surface area contributed by atoms with Crippen molar-refractivity contribution < 1.29 is 4.42 Å². The minimum Gasteiger partial charge on any atom is -0.441 e. The first-order valence-corrected chi connectivity index (χ1v) is 8.08. The fourth-order valence-electron chi connectivity index (χ4n) is 2.03. The molecule has 1 atom stereocenters. The van der Waals surface area contributed by atoms with Gasteiger partial charge in [0, 0.05) is 15.4 Å². The molecule has 0 saturated heterocycles. The molecule has 0 aliphatic carbocycles. The zero-order chi connectivity index (χ0) is 14.1. The van der Waals surface area contributed by atoms with Crippen LogP contribution in [-0.4, -0.2) is 4.98 Å². The zero-order valence-corrected chi connectivity index (χ0v) is 14.2. The maximum atomic E-state index is 6.47. The standard InChI is InChI=1S/C15H10Br2ClNO/c16-10-5-9(6-11(17)7-10)12(18)8-15-19-13-3-1-2-4-14(13)20-15/h1-7,12H,8H2. The molecule has 1 aromatic heterocycles. The smallest absolute Gasteiger partial charge is 0.197 e. The number of hydrogen-bond acceptors (Lipinski definition) is 2. The summed E-state index contributed by atoms with van der Waals surface area (Å²) in [5.41, 5.74) is 2.68. The van der Waals surface area contributed by atoms with Crippen molar-refractivity contribution in [3.8, 4) is 0 Å². The van der Waals surface area contributed by atoms with E-state index in [0.717, 1.165) is 25.6 Å². The molecule has 102 valence electrons. The number of alkyl halides is 1.